The summed E-state index contributed by atoms with van der Waals surface area (Å²) < 4.78 is 0. The molecule has 166 valence electrons. The van der Waals surface area contributed by atoms with E-state index in [0.29, 0.717) is 16.9 Å². The predicted octanol–water partition coefficient (Wildman–Crippen LogP) is 5.71. The molecule has 1 heterocycles. The Hall–Kier alpha value is -3.45. The topological polar surface area (TPSA) is 65.5 Å². The highest BCUT2D eigenvalue weighted by Gasteiger charge is 2.17. The van der Waals surface area contributed by atoms with Crippen molar-refractivity contribution in [3.63, 3.8) is 0 Å². The molecule has 0 aliphatic carbocycles. The fourth-order valence-electron chi connectivity index (χ4n) is 3.39. The molecule has 0 atom stereocenters. The number of nitrogens with zero attached hydrogens (tertiary/aromatic N) is 3. The Labute approximate surface area is 193 Å². The van der Waals surface area contributed by atoms with Crippen LogP contribution in [0, 0.1) is 0 Å². The van der Waals surface area contributed by atoms with Crippen LogP contribution in [0.25, 0.3) is 6.08 Å². The molecule has 0 bridgehead atoms. The van der Waals surface area contributed by atoms with Crippen LogP contribution in [0.2, 0.25) is 0 Å². The van der Waals surface area contributed by atoms with Crippen LogP contribution in [0.3, 0.4) is 0 Å². The first kappa shape index (κ1) is 23.2. The van der Waals surface area contributed by atoms with Crippen LogP contribution < -0.4 is 15.1 Å². The average molecular weight is 449 g/mol. The second kappa shape index (κ2) is 10.7. The maximum absolute atomic E-state index is 12.3. The van der Waals surface area contributed by atoms with Crippen molar-refractivity contribution >= 4 is 51.4 Å². The Morgan fingerprint density at radius 2 is 1.75 bits per heavy atom. The number of nitrogens with one attached hydrogen (secondary N) is 1. The average Bonchev–Trinajstić information content (AvgIpc) is 3.23. The summed E-state index contributed by atoms with van der Waals surface area (Å²) in [6.45, 7) is 8.86. The number of carbonyl (C=O) groups excluding carboxylic acids is 2. The molecule has 0 saturated carbocycles. The zero-order valence-corrected chi connectivity index (χ0v) is 19.6. The lowest BCUT2D eigenvalue weighted by molar-refractivity contribution is -0.116. The number of rotatable bonds is 8. The molecule has 0 spiro atoms. The summed E-state index contributed by atoms with van der Waals surface area (Å²) in [5.74, 6) is -0.364. The van der Waals surface area contributed by atoms with Crippen molar-refractivity contribution in [3.05, 3.63) is 71.7 Å². The maximum atomic E-state index is 12.3. The summed E-state index contributed by atoms with van der Waals surface area (Å²) in [5, 5.41) is 5.24. The van der Waals surface area contributed by atoms with Gasteiger partial charge in [0.25, 0.3) is 0 Å². The zero-order chi connectivity index (χ0) is 23.1. The molecule has 3 rings (SSSR count). The molecule has 0 fully saturated rings. The van der Waals surface area contributed by atoms with Crippen LogP contribution in [0.15, 0.2) is 66.1 Å². The van der Waals surface area contributed by atoms with Gasteiger partial charge in [-0.05, 0) is 63.2 Å². The summed E-state index contributed by atoms with van der Waals surface area (Å²) in [5.41, 5.74) is 3.23. The summed E-state index contributed by atoms with van der Waals surface area (Å²) in [4.78, 5) is 32.8. The predicted molar refractivity (Wildman–Crippen MR) is 134 cm³/mol. The van der Waals surface area contributed by atoms with Crippen LogP contribution in [-0.2, 0) is 9.59 Å². The number of carbonyl (C=O) groups is 2. The lowest BCUT2D eigenvalue weighted by atomic mass is 10.2. The van der Waals surface area contributed by atoms with Gasteiger partial charge < -0.3 is 10.2 Å². The smallest absolute Gasteiger partial charge is 0.248 e. The van der Waals surface area contributed by atoms with Crippen LogP contribution in [0.5, 0.6) is 0 Å². The standard InChI is InChI=1S/C25H28N4O2S/c1-5-28(18(2)3)22-14-11-20(12-15-22)26-24(31)16-13-21-17-32-25(27-21)29(19(4)30)23-9-7-6-8-10-23/h6-18H,5H2,1-4H3,(H,26,31)/b16-13+. The number of para-hydroxylation sites is 1. The second-order valence-electron chi connectivity index (χ2n) is 7.49. The highest BCUT2D eigenvalue weighted by atomic mass is 32.1. The summed E-state index contributed by atoms with van der Waals surface area (Å²) in [7, 11) is 0. The molecular formula is C25H28N4O2S. The van der Waals surface area contributed by atoms with Crippen molar-refractivity contribution in [2.45, 2.75) is 33.7 Å². The molecule has 2 amide bonds. The number of aromatic nitrogens is 1. The van der Waals surface area contributed by atoms with Crippen LogP contribution in [0.4, 0.5) is 22.2 Å². The number of thiazole rings is 1. The van der Waals surface area contributed by atoms with Crippen LogP contribution >= 0.6 is 11.3 Å². The molecule has 0 aliphatic rings. The molecule has 2 aromatic carbocycles. The molecule has 3 aromatic rings. The quantitative estimate of drug-likeness (QED) is 0.448. The van der Waals surface area contributed by atoms with Gasteiger partial charge >= 0.3 is 0 Å². The first-order valence-electron chi connectivity index (χ1n) is 10.6. The number of amides is 2. The van der Waals surface area contributed by atoms with Gasteiger partial charge in [-0.15, -0.1) is 11.3 Å². The number of hydrogen-bond acceptors (Lipinski definition) is 5. The monoisotopic (exact) mass is 448 g/mol. The molecule has 1 N–H and O–H groups in total. The van der Waals surface area contributed by atoms with Crippen molar-refractivity contribution in [3.8, 4) is 0 Å². The SMILES string of the molecule is CCN(c1ccc(NC(=O)/C=C/c2csc(N(C(C)=O)c3ccccc3)n2)cc1)C(C)C. The van der Waals surface area contributed by atoms with E-state index in [2.05, 4.69) is 36.0 Å². The van der Waals surface area contributed by atoms with E-state index in [4.69, 9.17) is 0 Å². The molecule has 0 aliphatic heterocycles. The van der Waals surface area contributed by atoms with Crippen LogP contribution in [-0.4, -0.2) is 29.4 Å². The van der Waals surface area contributed by atoms with E-state index in [-0.39, 0.29) is 11.8 Å². The minimum Gasteiger partial charge on any atom is -0.369 e. The van der Waals surface area contributed by atoms with E-state index in [1.165, 1.54) is 24.3 Å². The second-order valence-corrected chi connectivity index (χ2v) is 8.33. The normalized spacial score (nSPS) is 11.0. The van der Waals surface area contributed by atoms with Crippen molar-refractivity contribution < 1.29 is 9.59 Å². The van der Waals surface area contributed by atoms with E-state index < -0.39 is 0 Å². The Balaban J connectivity index is 1.65. The van der Waals surface area contributed by atoms with E-state index in [1.54, 1.807) is 11.0 Å². The van der Waals surface area contributed by atoms with Crippen LogP contribution in [0.1, 0.15) is 33.4 Å². The van der Waals surface area contributed by atoms with E-state index in [1.807, 2.05) is 60.0 Å². The van der Waals surface area contributed by atoms with Gasteiger partial charge in [0.15, 0.2) is 5.13 Å². The molecule has 0 radical (unpaired) electrons. The van der Waals surface area contributed by atoms with Gasteiger partial charge in [0.1, 0.15) is 0 Å². The van der Waals surface area contributed by atoms with Crippen molar-refractivity contribution in [2.75, 3.05) is 21.7 Å². The molecule has 32 heavy (non-hydrogen) atoms. The Morgan fingerprint density at radius 3 is 2.34 bits per heavy atom. The van der Waals surface area contributed by atoms with Gasteiger partial charge in [-0.1, -0.05) is 18.2 Å². The highest BCUT2D eigenvalue weighted by Crippen LogP contribution is 2.29. The van der Waals surface area contributed by atoms with Gasteiger partial charge in [-0.25, -0.2) is 4.98 Å². The van der Waals surface area contributed by atoms with Gasteiger partial charge in [-0.2, -0.15) is 0 Å². The highest BCUT2D eigenvalue weighted by molar-refractivity contribution is 7.14. The third kappa shape index (κ3) is 5.82. The Morgan fingerprint density at radius 1 is 1.06 bits per heavy atom. The lowest BCUT2D eigenvalue weighted by Crippen LogP contribution is -2.30. The van der Waals surface area contributed by atoms with Crippen molar-refractivity contribution in [2.24, 2.45) is 0 Å². The number of benzene rings is 2. The third-order valence-electron chi connectivity index (χ3n) is 4.87. The van der Waals surface area contributed by atoms with E-state index >= 15 is 0 Å². The lowest BCUT2D eigenvalue weighted by Gasteiger charge is -2.27. The van der Waals surface area contributed by atoms with E-state index in [0.717, 1.165) is 23.6 Å². The minimum atomic E-state index is -0.241. The summed E-state index contributed by atoms with van der Waals surface area (Å²) >= 11 is 1.35. The first-order valence-corrected chi connectivity index (χ1v) is 11.4. The number of hydrogen-bond donors (Lipinski definition) is 1. The van der Waals surface area contributed by atoms with Crippen molar-refractivity contribution in [1.29, 1.82) is 0 Å². The summed E-state index contributed by atoms with van der Waals surface area (Å²) in [6.07, 6.45) is 3.09. The fraction of sp³-hybridized carbons (Fsp3) is 0.240. The van der Waals surface area contributed by atoms with E-state index in [9.17, 15) is 9.59 Å². The first-order chi connectivity index (χ1) is 15.4. The summed E-state index contributed by atoms with van der Waals surface area (Å²) in [6, 6.07) is 17.6. The maximum Gasteiger partial charge on any atom is 0.248 e. The van der Waals surface area contributed by atoms with Gasteiger partial charge in [0, 0.05) is 42.3 Å². The number of anilines is 4. The van der Waals surface area contributed by atoms with Gasteiger partial charge in [0.2, 0.25) is 11.8 Å². The Kier molecular flexibility index (Phi) is 7.78. The Bertz CT molecular complexity index is 1070. The molecule has 1 aromatic heterocycles. The third-order valence-corrected chi connectivity index (χ3v) is 5.71. The largest absolute Gasteiger partial charge is 0.369 e. The molecule has 7 heteroatoms. The zero-order valence-electron chi connectivity index (χ0n) is 18.8. The molecule has 0 saturated heterocycles. The fourth-order valence-corrected chi connectivity index (χ4v) is 4.24. The molecule has 6 nitrogen and oxygen atoms in total. The van der Waals surface area contributed by atoms with Gasteiger partial charge in [-0.3, -0.25) is 14.5 Å². The van der Waals surface area contributed by atoms with Crippen molar-refractivity contribution in [1.82, 2.24) is 4.98 Å². The molecular weight excluding hydrogens is 420 g/mol. The minimum absolute atomic E-state index is 0.124. The van der Waals surface area contributed by atoms with Gasteiger partial charge in [0.05, 0.1) is 11.4 Å². The molecule has 0 unspecified atom stereocenters.